The van der Waals surface area contributed by atoms with Crippen LogP contribution in [0.4, 0.5) is 0 Å². The zero-order valence-corrected chi connectivity index (χ0v) is 12.0. The molecule has 0 aliphatic carbocycles. The monoisotopic (exact) mass is 320 g/mol. The summed E-state index contributed by atoms with van der Waals surface area (Å²) in [6, 6.07) is 7.60. The summed E-state index contributed by atoms with van der Waals surface area (Å²) >= 11 is 3.44. The van der Waals surface area contributed by atoms with Gasteiger partial charge in [-0.25, -0.2) is 0 Å². The SMILES string of the molecule is Cc1nccnc1C(Cc1ccccc1Br)C(=O)O. The van der Waals surface area contributed by atoms with Crippen LogP contribution in [0.2, 0.25) is 0 Å². The number of carbonyl (C=O) groups is 1. The van der Waals surface area contributed by atoms with E-state index in [2.05, 4.69) is 25.9 Å². The van der Waals surface area contributed by atoms with Crippen LogP contribution in [-0.4, -0.2) is 21.0 Å². The summed E-state index contributed by atoms with van der Waals surface area (Å²) in [6.07, 6.45) is 3.48. The number of halogens is 1. The highest BCUT2D eigenvalue weighted by Gasteiger charge is 2.24. The number of aryl methyl sites for hydroxylation is 1. The molecule has 0 bridgehead atoms. The maximum atomic E-state index is 11.5. The molecule has 1 heterocycles. The van der Waals surface area contributed by atoms with Gasteiger partial charge in [-0.15, -0.1) is 0 Å². The Labute approximate surface area is 119 Å². The number of aliphatic carboxylic acids is 1. The Kier molecular flexibility index (Phi) is 4.27. The molecule has 0 amide bonds. The molecule has 98 valence electrons. The normalized spacial score (nSPS) is 12.1. The van der Waals surface area contributed by atoms with Gasteiger partial charge in [0.05, 0.1) is 11.4 Å². The third-order valence-corrected chi connectivity index (χ3v) is 3.70. The second-order valence-corrected chi connectivity index (χ2v) is 5.07. The Bertz CT molecular complexity index is 602. The van der Waals surface area contributed by atoms with Crippen LogP contribution in [-0.2, 0) is 11.2 Å². The predicted molar refractivity (Wildman–Crippen MR) is 75.0 cm³/mol. The Morgan fingerprint density at radius 1 is 1.32 bits per heavy atom. The van der Waals surface area contributed by atoms with E-state index in [1.807, 2.05) is 24.3 Å². The lowest BCUT2D eigenvalue weighted by Gasteiger charge is -2.14. The lowest BCUT2D eigenvalue weighted by Crippen LogP contribution is -2.17. The third-order valence-electron chi connectivity index (χ3n) is 2.93. The van der Waals surface area contributed by atoms with Gasteiger partial charge in [0.25, 0.3) is 0 Å². The van der Waals surface area contributed by atoms with Crippen LogP contribution in [0.3, 0.4) is 0 Å². The van der Waals surface area contributed by atoms with Crippen LogP contribution >= 0.6 is 15.9 Å². The Morgan fingerprint density at radius 3 is 2.63 bits per heavy atom. The molecule has 2 aromatic rings. The van der Waals surface area contributed by atoms with Crippen molar-refractivity contribution in [2.75, 3.05) is 0 Å². The first-order valence-electron chi connectivity index (χ1n) is 5.83. The first kappa shape index (κ1) is 13.7. The van der Waals surface area contributed by atoms with E-state index in [-0.39, 0.29) is 0 Å². The number of hydrogen-bond acceptors (Lipinski definition) is 3. The van der Waals surface area contributed by atoms with Gasteiger partial charge in [0.2, 0.25) is 0 Å². The van der Waals surface area contributed by atoms with Crippen LogP contribution < -0.4 is 0 Å². The summed E-state index contributed by atoms with van der Waals surface area (Å²) in [5, 5.41) is 9.42. The van der Waals surface area contributed by atoms with Crippen LogP contribution in [0, 0.1) is 6.92 Å². The number of nitrogens with zero attached hydrogens (tertiary/aromatic N) is 2. The van der Waals surface area contributed by atoms with Crippen molar-refractivity contribution in [3.05, 3.63) is 58.1 Å². The smallest absolute Gasteiger partial charge is 0.313 e. The number of rotatable bonds is 4. The van der Waals surface area contributed by atoms with Crippen molar-refractivity contribution in [1.29, 1.82) is 0 Å². The highest BCUT2D eigenvalue weighted by molar-refractivity contribution is 9.10. The summed E-state index contributed by atoms with van der Waals surface area (Å²) < 4.78 is 0.905. The molecule has 1 aromatic carbocycles. The van der Waals surface area contributed by atoms with E-state index >= 15 is 0 Å². The van der Waals surface area contributed by atoms with Gasteiger partial charge >= 0.3 is 5.97 Å². The van der Waals surface area contributed by atoms with E-state index in [0.29, 0.717) is 17.8 Å². The van der Waals surface area contributed by atoms with E-state index in [1.165, 1.54) is 6.20 Å². The second kappa shape index (κ2) is 5.93. The van der Waals surface area contributed by atoms with Gasteiger partial charge in [0.1, 0.15) is 5.92 Å². The lowest BCUT2D eigenvalue weighted by molar-refractivity contribution is -0.138. The first-order chi connectivity index (χ1) is 9.09. The number of hydrogen-bond donors (Lipinski definition) is 1. The summed E-state index contributed by atoms with van der Waals surface area (Å²) in [5.74, 6) is -1.58. The van der Waals surface area contributed by atoms with Crippen molar-refractivity contribution >= 4 is 21.9 Å². The zero-order chi connectivity index (χ0) is 13.8. The molecule has 1 atom stereocenters. The molecule has 5 heteroatoms. The number of carboxylic acid groups (broad SMARTS) is 1. The average molecular weight is 321 g/mol. The fourth-order valence-corrected chi connectivity index (χ4v) is 2.39. The molecular formula is C14H13BrN2O2. The fraction of sp³-hybridized carbons (Fsp3) is 0.214. The van der Waals surface area contributed by atoms with Crippen LogP contribution in [0.5, 0.6) is 0 Å². The highest BCUT2D eigenvalue weighted by atomic mass is 79.9. The van der Waals surface area contributed by atoms with Gasteiger partial charge in [-0.3, -0.25) is 14.8 Å². The Hall–Kier alpha value is -1.75. The number of carboxylic acids is 1. The summed E-state index contributed by atoms with van der Waals surface area (Å²) in [7, 11) is 0. The Balaban J connectivity index is 2.35. The van der Waals surface area contributed by atoms with Gasteiger partial charge < -0.3 is 5.11 Å². The molecule has 0 aliphatic heterocycles. The maximum Gasteiger partial charge on any atom is 0.313 e. The van der Waals surface area contributed by atoms with Crippen molar-refractivity contribution in [3.8, 4) is 0 Å². The van der Waals surface area contributed by atoms with Gasteiger partial charge in [0.15, 0.2) is 0 Å². The average Bonchev–Trinajstić information content (AvgIpc) is 2.38. The van der Waals surface area contributed by atoms with Crippen LogP contribution in [0.15, 0.2) is 41.1 Å². The summed E-state index contributed by atoms with van der Waals surface area (Å²) in [5.41, 5.74) is 2.12. The standard InChI is InChI=1S/C14H13BrN2O2/c1-9-13(17-7-6-16-9)11(14(18)19)8-10-4-2-3-5-12(10)15/h2-7,11H,8H2,1H3,(H,18,19). The van der Waals surface area contributed by atoms with Crippen molar-refractivity contribution in [1.82, 2.24) is 9.97 Å². The van der Waals surface area contributed by atoms with Gasteiger partial charge in [0, 0.05) is 16.9 Å². The quantitative estimate of drug-likeness (QED) is 0.940. The van der Waals surface area contributed by atoms with Crippen molar-refractivity contribution in [2.45, 2.75) is 19.3 Å². The predicted octanol–water partition coefficient (Wildman–Crippen LogP) is 2.96. The van der Waals surface area contributed by atoms with Gasteiger partial charge in [-0.05, 0) is 25.0 Å². The minimum absolute atomic E-state index is 0.385. The molecule has 0 aliphatic rings. The number of benzene rings is 1. The molecule has 1 N–H and O–H groups in total. The molecular weight excluding hydrogens is 308 g/mol. The molecule has 0 saturated carbocycles. The molecule has 19 heavy (non-hydrogen) atoms. The lowest BCUT2D eigenvalue weighted by atomic mass is 9.95. The molecule has 0 fully saturated rings. The molecule has 2 rings (SSSR count). The summed E-state index contributed by atoms with van der Waals surface area (Å²) in [4.78, 5) is 19.8. The minimum atomic E-state index is -0.889. The van der Waals surface area contributed by atoms with E-state index in [1.54, 1.807) is 13.1 Å². The second-order valence-electron chi connectivity index (χ2n) is 4.21. The number of aromatic nitrogens is 2. The van der Waals surface area contributed by atoms with Gasteiger partial charge in [-0.2, -0.15) is 0 Å². The molecule has 1 aromatic heterocycles. The van der Waals surface area contributed by atoms with Crippen molar-refractivity contribution in [3.63, 3.8) is 0 Å². The van der Waals surface area contributed by atoms with E-state index < -0.39 is 11.9 Å². The molecule has 4 nitrogen and oxygen atoms in total. The van der Waals surface area contributed by atoms with Crippen molar-refractivity contribution in [2.24, 2.45) is 0 Å². The minimum Gasteiger partial charge on any atom is -0.481 e. The zero-order valence-electron chi connectivity index (χ0n) is 10.4. The third kappa shape index (κ3) is 3.17. The van der Waals surface area contributed by atoms with E-state index in [0.717, 1.165) is 10.0 Å². The van der Waals surface area contributed by atoms with E-state index in [4.69, 9.17) is 0 Å². The fourth-order valence-electron chi connectivity index (χ4n) is 1.95. The van der Waals surface area contributed by atoms with Crippen molar-refractivity contribution < 1.29 is 9.90 Å². The largest absolute Gasteiger partial charge is 0.481 e. The van der Waals surface area contributed by atoms with E-state index in [9.17, 15) is 9.90 Å². The molecule has 1 unspecified atom stereocenters. The topological polar surface area (TPSA) is 63.1 Å². The molecule has 0 radical (unpaired) electrons. The molecule has 0 saturated heterocycles. The molecule has 0 spiro atoms. The highest BCUT2D eigenvalue weighted by Crippen LogP contribution is 2.25. The van der Waals surface area contributed by atoms with Gasteiger partial charge in [-0.1, -0.05) is 34.1 Å². The Morgan fingerprint density at radius 2 is 2.00 bits per heavy atom. The van der Waals surface area contributed by atoms with Crippen LogP contribution in [0.25, 0.3) is 0 Å². The van der Waals surface area contributed by atoms with Crippen LogP contribution in [0.1, 0.15) is 22.9 Å². The first-order valence-corrected chi connectivity index (χ1v) is 6.62. The maximum absolute atomic E-state index is 11.5. The summed E-state index contributed by atoms with van der Waals surface area (Å²) in [6.45, 7) is 1.78.